The lowest BCUT2D eigenvalue weighted by Gasteiger charge is -2.23. The predicted octanol–water partition coefficient (Wildman–Crippen LogP) is 0.666. The zero-order valence-corrected chi connectivity index (χ0v) is 12.4. The number of nitrogens with zero attached hydrogens (tertiary/aromatic N) is 3. The van der Waals surface area contributed by atoms with Crippen molar-refractivity contribution in [1.29, 1.82) is 0 Å². The highest BCUT2D eigenvalue weighted by Crippen LogP contribution is 2.21. The summed E-state index contributed by atoms with van der Waals surface area (Å²) in [7, 11) is 0. The summed E-state index contributed by atoms with van der Waals surface area (Å²) in [6.07, 6.45) is 2.33. The Morgan fingerprint density at radius 1 is 1.57 bits per heavy atom. The number of hydrogen-bond acceptors (Lipinski definition) is 5. The third-order valence-corrected chi connectivity index (χ3v) is 3.74. The highest BCUT2D eigenvalue weighted by atomic mass is 16.6. The third-order valence-electron chi connectivity index (χ3n) is 3.74. The van der Waals surface area contributed by atoms with E-state index in [1.165, 1.54) is 4.68 Å². The van der Waals surface area contributed by atoms with E-state index in [-0.39, 0.29) is 24.1 Å². The summed E-state index contributed by atoms with van der Waals surface area (Å²) in [6, 6.07) is 0.182. The summed E-state index contributed by atoms with van der Waals surface area (Å²) in [5.41, 5.74) is 0.908. The Morgan fingerprint density at radius 3 is 2.90 bits per heavy atom. The second kappa shape index (κ2) is 6.66. The summed E-state index contributed by atoms with van der Waals surface area (Å²) in [5.74, 6) is -0.0427. The largest absolute Gasteiger partial charge is 0.352 e. The fraction of sp³-hybridized carbons (Fsp3) is 0.692. The molecular formula is C13H21N5O3. The molecule has 116 valence electrons. The van der Waals surface area contributed by atoms with Crippen LogP contribution in [0.1, 0.15) is 30.7 Å². The molecule has 2 N–H and O–H groups in total. The maximum absolute atomic E-state index is 11.9. The van der Waals surface area contributed by atoms with Crippen molar-refractivity contribution in [3.05, 3.63) is 21.5 Å². The number of nitrogens with one attached hydrogen (secondary N) is 2. The van der Waals surface area contributed by atoms with Crippen LogP contribution in [0.2, 0.25) is 0 Å². The average molecular weight is 295 g/mol. The van der Waals surface area contributed by atoms with Gasteiger partial charge in [-0.15, -0.1) is 0 Å². The van der Waals surface area contributed by atoms with Crippen molar-refractivity contribution >= 4 is 11.6 Å². The first-order valence-electron chi connectivity index (χ1n) is 7.17. The monoisotopic (exact) mass is 295 g/mol. The number of carbonyl (C=O) groups excluding carboxylic acids is 1. The summed E-state index contributed by atoms with van der Waals surface area (Å²) in [4.78, 5) is 22.4. The van der Waals surface area contributed by atoms with Crippen LogP contribution >= 0.6 is 0 Å². The lowest BCUT2D eigenvalue weighted by Crippen LogP contribution is -2.45. The van der Waals surface area contributed by atoms with Crippen LogP contribution in [0.3, 0.4) is 0 Å². The van der Waals surface area contributed by atoms with Gasteiger partial charge in [-0.3, -0.25) is 19.6 Å². The number of piperidine rings is 1. The summed E-state index contributed by atoms with van der Waals surface area (Å²) >= 11 is 0. The fourth-order valence-corrected chi connectivity index (χ4v) is 2.65. The quantitative estimate of drug-likeness (QED) is 0.614. The van der Waals surface area contributed by atoms with Crippen molar-refractivity contribution in [2.45, 2.75) is 45.7 Å². The molecule has 0 spiro atoms. The van der Waals surface area contributed by atoms with Crippen molar-refractivity contribution in [2.24, 2.45) is 0 Å². The Morgan fingerprint density at radius 2 is 2.33 bits per heavy atom. The lowest BCUT2D eigenvalue weighted by molar-refractivity contribution is -0.386. The molecular weight excluding hydrogens is 274 g/mol. The minimum Gasteiger partial charge on any atom is -0.352 e. The molecule has 1 aliphatic rings. The molecule has 0 saturated carbocycles. The summed E-state index contributed by atoms with van der Waals surface area (Å²) < 4.78 is 1.53. The van der Waals surface area contributed by atoms with Gasteiger partial charge in [0.2, 0.25) is 5.91 Å². The summed E-state index contributed by atoms with van der Waals surface area (Å²) in [5, 5.41) is 21.3. The van der Waals surface area contributed by atoms with Gasteiger partial charge >= 0.3 is 5.69 Å². The third kappa shape index (κ3) is 3.78. The molecule has 1 amide bonds. The van der Waals surface area contributed by atoms with Crippen LogP contribution in [0.25, 0.3) is 0 Å². The topological polar surface area (TPSA) is 102 Å². The SMILES string of the molecule is Cc1nn(CCC(=O)N[C@H]2CCCNC2)c(C)c1[N+](=O)[O-]. The van der Waals surface area contributed by atoms with Crippen molar-refractivity contribution in [2.75, 3.05) is 13.1 Å². The van der Waals surface area contributed by atoms with Crippen LogP contribution in [0, 0.1) is 24.0 Å². The average Bonchev–Trinajstić information content (AvgIpc) is 2.72. The molecule has 8 nitrogen and oxygen atoms in total. The summed E-state index contributed by atoms with van der Waals surface area (Å²) in [6.45, 7) is 5.42. The highest BCUT2D eigenvalue weighted by molar-refractivity contribution is 5.76. The molecule has 8 heteroatoms. The Balaban J connectivity index is 1.89. The zero-order chi connectivity index (χ0) is 15.4. The molecule has 1 saturated heterocycles. The first kappa shape index (κ1) is 15.4. The Bertz CT molecular complexity index is 534. The molecule has 0 radical (unpaired) electrons. The van der Waals surface area contributed by atoms with Gasteiger partial charge in [0, 0.05) is 19.0 Å². The first-order valence-corrected chi connectivity index (χ1v) is 7.17. The normalized spacial score (nSPS) is 18.5. The smallest absolute Gasteiger partial charge is 0.312 e. The molecule has 2 heterocycles. The molecule has 0 bridgehead atoms. The minimum absolute atomic E-state index is 0.0342. The molecule has 1 aliphatic heterocycles. The van der Waals surface area contributed by atoms with Gasteiger partial charge in [-0.05, 0) is 33.2 Å². The molecule has 1 aromatic heterocycles. The van der Waals surface area contributed by atoms with Crippen LogP contribution in [0.15, 0.2) is 0 Å². The van der Waals surface area contributed by atoms with Gasteiger partial charge in [-0.1, -0.05) is 0 Å². The van der Waals surface area contributed by atoms with Gasteiger partial charge < -0.3 is 10.6 Å². The zero-order valence-electron chi connectivity index (χ0n) is 12.4. The molecule has 0 aromatic carbocycles. The number of amides is 1. The molecule has 2 rings (SSSR count). The first-order chi connectivity index (χ1) is 9.99. The second-order valence-electron chi connectivity index (χ2n) is 5.36. The Hall–Kier alpha value is -1.96. The van der Waals surface area contributed by atoms with Crippen LogP contribution < -0.4 is 10.6 Å². The molecule has 21 heavy (non-hydrogen) atoms. The van der Waals surface area contributed by atoms with Gasteiger partial charge in [-0.25, -0.2) is 0 Å². The standard InChI is InChI=1S/C13H21N5O3/c1-9-13(18(20)21)10(2)17(16-9)7-5-12(19)15-11-4-3-6-14-8-11/h11,14H,3-8H2,1-2H3,(H,15,19)/t11-/m0/s1. The van der Waals surface area contributed by atoms with Gasteiger partial charge in [0.15, 0.2) is 0 Å². The van der Waals surface area contributed by atoms with Crippen molar-refractivity contribution < 1.29 is 9.72 Å². The van der Waals surface area contributed by atoms with Gasteiger partial charge in [0.1, 0.15) is 11.4 Å². The highest BCUT2D eigenvalue weighted by Gasteiger charge is 2.22. The van der Waals surface area contributed by atoms with Gasteiger partial charge in [0.05, 0.1) is 11.5 Å². The minimum atomic E-state index is -0.429. The van der Waals surface area contributed by atoms with Crippen molar-refractivity contribution in [1.82, 2.24) is 20.4 Å². The molecule has 0 aliphatic carbocycles. The van der Waals surface area contributed by atoms with Crippen LogP contribution in [0.5, 0.6) is 0 Å². The van der Waals surface area contributed by atoms with E-state index in [0.29, 0.717) is 17.9 Å². The van der Waals surface area contributed by atoms with E-state index in [9.17, 15) is 14.9 Å². The number of nitro groups is 1. The van der Waals surface area contributed by atoms with E-state index < -0.39 is 4.92 Å². The lowest BCUT2D eigenvalue weighted by atomic mass is 10.1. The number of aryl methyl sites for hydroxylation is 2. The predicted molar refractivity (Wildman–Crippen MR) is 77.0 cm³/mol. The maximum atomic E-state index is 11.9. The van der Waals surface area contributed by atoms with E-state index >= 15 is 0 Å². The van der Waals surface area contributed by atoms with Crippen LogP contribution in [-0.4, -0.2) is 39.7 Å². The number of aromatic nitrogens is 2. The van der Waals surface area contributed by atoms with Gasteiger partial charge in [0.25, 0.3) is 0 Å². The van der Waals surface area contributed by atoms with Crippen LogP contribution in [0.4, 0.5) is 5.69 Å². The van der Waals surface area contributed by atoms with Crippen molar-refractivity contribution in [3.63, 3.8) is 0 Å². The second-order valence-corrected chi connectivity index (χ2v) is 5.36. The molecule has 0 unspecified atom stereocenters. The molecule has 1 atom stereocenters. The Kier molecular flexibility index (Phi) is 4.89. The van der Waals surface area contributed by atoms with Crippen molar-refractivity contribution in [3.8, 4) is 0 Å². The Labute approximate surface area is 123 Å². The molecule has 1 fully saturated rings. The van der Waals surface area contributed by atoms with E-state index in [1.54, 1.807) is 13.8 Å². The number of rotatable bonds is 5. The van der Waals surface area contributed by atoms with Gasteiger partial charge in [-0.2, -0.15) is 5.10 Å². The van der Waals surface area contributed by atoms with E-state index in [2.05, 4.69) is 15.7 Å². The number of hydrogen-bond donors (Lipinski definition) is 2. The number of carbonyl (C=O) groups is 1. The van der Waals surface area contributed by atoms with E-state index in [0.717, 1.165) is 25.9 Å². The fourth-order valence-electron chi connectivity index (χ4n) is 2.65. The molecule has 1 aromatic rings. The van der Waals surface area contributed by atoms with E-state index in [1.807, 2.05) is 0 Å². The van der Waals surface area contributed by atoms with E-state index in [4.69, 9.17) is 0 Å². The maximum Gasteiger partial charge on any atom is 0.312 e. The van der Waals surface area contributed by atoms with Crippen LogP contribution in [-0.2, 0) is 11.3 Å².